The van der Waals surface area contributed by atoms with Crippen LogP contribution < -0.4 is 0 Å². The molecular weight excluding hydrogens is 158 g/mol. The Kier molecular flexibility index (Phi) is 4.99. The summed E-state index contributed by atoms with van der Waals surface area (Å²) in [5, 5.41) is 3.53. The Labute approximate surface area is 72.3 Å². The van der Waals surface area contributed by atoms with E-state index in [0.717, 1.165) is 5.01 Å². The SMILES string of the molecule is CCN(CC)C(=O)N(CC)N=O. The molecule has 5 heteroatoms. The summed E-state index contributed by atoms with van der Waals surface area (Å²) in [5.41, 5.74) is 0. The molecule has 0 fully saturated rings. The van der Waals surface area contributed by atoms with Gasteiger partial charge in [0, 0.05) is 19.6 Å². The van der Waals surface area contributed by atoms with Gasteiger partial charge in [-0.3, -0.25) is 0 Å². The Bertz CT molecular complexity index is 157. The van der Waals surface area contributed by atoms with Crippen molar-refractivity contribution in [2.24, 2.45) is 5.29 Å². The van der Waals surface area contributed by atoms with Gasteiger partial charge in [-0.15, -0.1) is 4.91 Å². The van der Waals surface area contributed by atoms with E-state index in [1.54, 1.807) is 11.8 Å². The second kappa shape index (κ2) is 5.51. The van der Waals surface area contributed by atoms with E-state index in [9.17, 15) is 9.70 Å². The quantitative estimate of drug-likeness (QED) is 0.477. The monoisotopic (exact) mass is 173 g/mol. The van der Waals surface area contributed by atoms with Gasteiger partial charge in [0.15, 0.2) is 0 Å². The number of amides is 2. The first-order valence-electron chi connectivity index (χ1n) is 4.10. The topological polar surface area (TPSA) is 53.0 Å². The number of rotatable bonds is 4. The molecule has 0 aromatic heterocycles. The predicted molar refractivity (Wildman–Crippen MR) is 46.5 cm³/mol. The van der Waals surface area contributed by atoms with E-state index in [-0.39, 0.29) is 6.03 Å². The third kappa shape index (κ3) is 2.48. The fourth-order valence-electron chi connectivity index (χ4n) is 0.885. The van der Waals surface area contributed by atoms with Gasteiger partial charge in [0.05, 0.1) is 5.29 Å². The third-order valence-electron chi connectivity index (χ3n) is 1.65. The zero-order chi connectivity index (χ0) is 9.56. The Hall–Kier alpha value is -1.13. The van der Waals surface area contributed by atoms with Crippen LogP contribution in [0.2, 0.25) is 0 Å². The molecule has 0 aliphatic rings. The van der Waals surface area contributed by atoms with E-state index in [1.165, 1.54) is 0 Å². The number of urea groups is 1. The highest BCUT2D eigenvalue weighted by atomic mass is 16.3. The molecule has 0 saturated carbocycles. The van der Waals surface area contributed by atoms with Gasteiger partial charge in [0.1, 0.15) is 0 Å². The van der Waals surface area contributed by atoms with Crippen LogP contribution in [0.3, 0.4) is 0 Å². The van der Waals surface area contributed by atoms with Crippen LogP contribution in [-0.4, -0.2) is 35.6 Å². The molecule has 0 N–H and O–H groups in total. The van der Waals surface area contributed by atoms with Crippen LogP contribution in [0.1, 0.15) is 20.8 Å². The number of hydrogen-bond donors (Lipinski definition) is 0. The summed E-state index contributed by atoms with van der Waals surface area (Å²) >= 11 is 0. The molecule has 70 valence electrons. The van der Waals surface area contributed by atoms with Gasteiger partial charge in [0.2, 0.25) is 0 Å². The average Bonchev–Trinajstić information content (AvgIpc) is 2.09. The van der Waals surface area contributed by atoms with Crippen LogP contribution in [0, 0.1) is 4.91 Å². The van der Waals surface area contributed by atoms with E-state index < -0.39 is 0 Å². The third-order valence-corrected chi connectivity index (χ3v) is 1.65. The maximum Gasteiger partial charge on any atom is 0.342 e. The van der Waals surface area contributed by atoms with Gasteiger partial charge in [-0.1, -0.05) is 0 Å². The normalized spacial score (nSPS) is 9.25. The molecule has 0 spiro atoms. The Morgan fingerprint density at radius 1 is 1.17 bits per heavy atom. The second-order valence-electron chi connectivity index (χ2n) is 2.25. The fraction of sp³-hybridized carbons (Fsp3) is 0.857. The Morgan fingerprint density at radius 2 is 1.67 bits per heavy atom. The molecular formula is C7H15N3O2. The summed E-state index contributed by atoms with van der Waals surface area (Å²) < 4.78 is 0. The first kappa shape index (κ1) is 10.9. The minimum Gasteiger partial charge on any atom is -0.324 e. The Morgan fingerprint density at radius 3 is 1.92 bits per heavy atom. The summed E-state index contributed by atoms with van der Waals surface area (Å²) in [6.07, 6.45) is 0. The molecule has 0 heterocycles. The van der Waals surface area contributed by atoms with Crippen LogP contribution in [0.5, 0.6) is 0 Å². The highest BCUT2D eigenvalue weighted by molar-refractivity contribution is 5.73. The predicted octanol–water partition coefficient (Wildman–Crippen LogP) is 1.45. The summed E-state index contributed by atoms with van der Waals surface area (Å²) in [5.74, 6) is 0. The molecule has 0 bridgehead atoms. The van der Waals surface area contributed by atoms with Gasteiger partial charge in [-0.25, -0.2) is 4.79 Å². The molecule has 0 aliphatic heterocycles. The van der Waals surface area contributed by atoms with E-state index in [1.807, 2.05) is 13.8 Å². The van der Waals surface area contributed by atoms with E-state index in [2.05, 4.69) is 5.29 Å². The fourth-order valence-corrected chi connectivity index (χ4v) is 0.885. The highest BCUT2D eigenvalue weighted by Crippen LogP contribution is 1.98. The van der Waals surface area contributed by atoms with Gasteiger partial charge >= 0.3 is 6.03 Å². The van der Waals surface area contributed by atoms with Crippen molar-refractivity contribution in [1.29, 1.82) is 0 Å². The van der Waals surface area contributed by atoms with Crippen molar-refractivity contribution in [2.75, 3.05) is 19.6 Å². The minimum atomic E-state index is -0.322. The van der Waals surface area contributed by atoms with E-state index in [0.29, 0.717) is 19.6 Å². The molecule has 0 aromatic carbocycles. The molecule has 0 unspecified atom stereocenters. The van der Waals surface area contributed by atoms with Gasteiger partial charge < -0.3 is 4.90 Å². The largest absolute Gasteiger partial charge is 0.342 e. The van der Waals surface area contributed by atoms with Crippen LogP contribution in [-0.2, 0) is 0 Å². The number of nitroso groups, excluding NO2 is 1. The zero-order valence-electron chi connectivity index (χ0n) is 7.78. The molecule has 0 atom stereocenters. The van der Waals surface area contributed by atoms with Crippen molar-refractivity contribution in [3.05, 3.63) is 4.91 Å². The van der Waals surface area contributed by atoms with E-state index in [4.69, 9.17) is 0 Å². The summed E-state index contributed by atoms with van der Waals surface area (Å²) in [6, 6.07) is -0.322. The lowest BCUT2D eigenvalue weighted by molar-refractivity contribution is 0.161. The maximum absolute atomic E-state index is 11.3. The van der Waals surface area contributed by atoms with Crippen LogP contribution in [0.25, 0.3) is 0 Å². The number of carbonyl (C=O) groups is 1. The second-order valence-corrected chi connectivity index (χ2v) is 2.25. The molecule has 0 radical (unpaired) electrons. The van der Waals surface area contributed by atoms with Crippen molar-refractivity contribution < 1.29 is 4.79 Å². The summed E-state index contributed by atoms with van der Waals surface area (Å²) in [6.45, 7) is 6.95. The van der Waals surface area contributed by atoms with Crippen molar-refractivity contribution in [2.45, 2.75) is 20.8 Å². The maximum atomic E-state index is 11.3. The molecule has 0 rings (SSSR count). The van der Waals surface area contributed by atoms with Gasteiger partial charge in [-0.05, 0) is 20.8 Å². The van der Waals surface area contributed by atoms with Gasteiger partial charge in [0.25, 0.3) is 0 Å². The highest BCUT2D eigenvalue weighted by Gasteiger charge is 2.16. The van der Waals surface area contributed by atoms with Crippen LogP contribution in [0.15, 0.2) is 5.29 Å². The number of carbonyl (C=O) groups excluding carboxylic acids is 1. The smallest absolute Gasteiger partial charge is 0.324 e. The standard InChI is InChI=1S/C7H15N3O2/c1-4-9(5-2)7(11)10(6-3)8-12/h4-6H2,1-3H3. The first-order valence-corrected chi connectivity index (χ1v) is 4.10. The van der Waals surface area contributed by atoms with Crippen LogP contribution >= 0.6 is 0 Å². The van der Waals surface area contributed by atoms with Crippen molar-refractivity contribution >= 4 is 6.03 Å². The number of hydrogen-bond acceptors (Lipinski definition) is 3. The molecule has 0 aromatic rings. The molecule has 2 amide bonds. The summed E-state index contributed by atoms with van der Waals surface area (Å²) in [7, 11) is 0. The summed E-state index contributed by atoms with van der Waals surface area (Å²) in [4.78, 5) is 23.0. The molecule has 0 saturated heterocycles. The lowest BCUT2D eigenvalue weighted by Gasteiger charge is -2.22. The van der Waals surface area contributed by atoms with Crippen LogP contribution in [0.4, 0.5) is 4.79 Å². The molecule has 5 nitrogen and oxygen atoms in total. The lowest BCUT2D eigenvalue weighted by Crippen LogP contribution is -2.39. The van der Waals surface area contributed by atoms with Crippen molar-refractivity contribution in [3.63, 3.8) is 0 Å². The van der Waals surface area contributed by atoms with Crippen molar-refractivity contribution in [1.82, 2.24) is 9.91 Å². The van der Waals surface area contributed by atoms with Crippen molar-refractivity contribution in [3.8, 4) is 0 Å². The van der Waals surface area contributed by atoms with Gasteiger partial charge in [-0.2, -0.15) is 5.01 Å². The van der Waals surface area contributed by atoms with E-state index >= 15 is 0 Å². The molecule has 0 aliphatic carbocycles. The minimum absolute atomic E-state index is 0.318. The zero-order valence-corrected chi connectivity index (χ0v) is 7.78. The average molecular weight is 173 g/mol. The first-order chi connectivity index (χ1) is 5.71. The molecule has 12 heavy (non-hydrogen) atoms. The lowest BCUT2D eigenvalue weighted by atomic mass is 10.5. The number of nitrogens with zero attached hydrogens (tertiary/aromatic N) is 3. The Balaban J connectivity index is 4.22.